The average Bonchev–Trinajstić information content (AvgIpc) is 2.70. The monoisotopic (exact) mass is 195 g/mol. The molecule has 0 atom stereocenters. The van der Waals surface area contributed by atoms with Gasteiger partial charge in [0.2, 0.25) is 0 Å². The van der Waals surface area contributed by atoms with Crippen LogP contribution in [0.4, 0.5) is 0 Å². The lowest BCUT2D eigenvalue weighted by Gasteiger charge is -2.10. The fraction of sp³-hybridized carbons (Fsp3) is 0.500. The Balaban J connectivity index is 1.82. The third-order valence-corrected chi connectivity index (χ3v) is 1.96. The molecule has 1 aliphatic heterocycles. The van der Waals surface area contributed by atoms with E-state index in [1.807, 2.05) is 19.1 Å². The molecule has 2 rings (SSSR count). The molecule has 4 heteroatoms. The van der Waals surface area contributed by atoms with Crippen molar-refractivity contribution in [3.05, 3.63) is 24.0 Å². The van der Waals surface area contributed by atoms with Crippen molar-refractivity contribution in [3.8, 4) is 5.75 Å². The molecule has 1 aliphatic rings. The van der Waals surface area contributed by atoms with Gasteiger partial charge in [0.25, 0.3) is 0 Å². The molecule has 0 aliphatic carbocycles. The van der Waals surface area contributed by atoms with E-state index in [0.717, 1.165) is 11.4 Å². The number of ether oxygens (including phenoxy) is 3. The molecule has 0 amide bonds. The minimum Gasteiger partial charge on any atom is -0.487 e. The number of hydrogen-bond donors (Lipinski definition) is 0. The first-order chi connectivity index (χ1) is 6.84. The molecule has 1 aromatic heterocycles. The van der Waals surface area contributed by atoms with Crippen molar-refractivity contribution < 1.29 is 14.2 Å². The van der Waals surface area contributed by atoms with E-state index in [-0.39, 0.29) is 6.29 Å². The summed E-state index contributed by atoms with van der Waals surface area (Å²) in [6.45, 7) is 3.66. The number of rotatable bonds is 3. The second kappa shape index (κ2) is 4.39. The Morgan fingerprint density at radius 2 is 2.21 bits per heavy atom. The van der Waals surface area contributed by atoms with Crippen molar-refractivity contribution in [3.63, 3.8) is 0 Å². The Morgan fingerprint density at radius 3 is 2.86 bits per heavy atom. The van der Waals surface area contributed by atoms with Crippen molar-refractivity contribution >= 4 is 0 Å². The van der Waals surface area contributed by atoms with Crippen LogP contribution in [-0.2, 0) is 9.47 Å². The van der Waals surface area contributed by atoms with E-state index in [2.05, 4.69) is 4.98 Å². The Labute approximate surface area is 82.8 Å². The van der Waals surface area contributed by atoms with Crippen LogP contribution in [-0.4, -0.2) is 31.1 Å². The first-order valence-electron chi connectivity index (χ1n) is 4.63. The van der Waals surface area contributed by atoms with Gasteiger partial charge in [-0.05, 0) is 19.1 Å². The van der Waals surface area contributed by atoms with E-state index in [9.17, 15) is 0 Å². The van der Waals surface area contributed by atoms with Crippen LogP contribution in [0.25, 0.3) is 0 Å². The summed E-state index contributed by atoms with van der Waals surface area (Å²) in [7, 11) is 0. The van der Waals surface area contributed by atoms with E-state index < -0.39 is 0 Å². The summed E-state index contributed by atoms with van der Waals surface area (Å²) in [5.74, 6) is 0.745. The van der Waals surface area contributed by atoms with E-state index >= 15 is 0 Å². The minimum atomic E-state index is -0.226. The summed E-state index contributed by atoms with van der Waals surface area (Å²) < 4.78 is 15.9. The van der Waals surface area contributed by atoms with E-state index in [0.29, 0.717) is 19.8 Å². The Hall–Kier alpha value is -1.13. The second-order valence-electron chi connectivity index (χ2n) is 3.12. The topological polar surface area (TPSA) is 40.6 Å². The van der Waals surface area contributed by atoms with Gasteiger partial charge in [-0.1, -0.05) is 0 Å². The summed E-state index contributed by atoms with van der Waals surface area (Å²) in [5.41, 5.74) is 0.978. The molecule has 0 spiro atoms. The zero-order chi connectivity index (χ0) is 9.80. The molecule has 0 radical (unpaired) electrons. The normalized spacial score (nSPS) is 17.2. The number of pyridine rings is 1. The van der Waals surface area contributed by atoms with Gasteiger partial charge in [-0.3, -0.25) is 4.98 Å². The Bertz CT molecular complexity index is 280. The molecule has 0 aromatic carbocycles. The molecule has 0 N–H and O–H groups in total. The molecule has 1 fully saturated rings. The van der Waals surface area contributed by atoms with Crippen LogP contribution in [0.15, 0.2) is 18.3 Å². The highest BCUT2D eigenvalue weighted by Gasteiger charge is 2.16. The van der Waals surface area contributed by atoms with Crippen LogP contribution >= 0.6 is 0 Å². The van der Waals surface area contributed by atoms with Crippen LogP contribution in [0.5, 0.6) is 5.75 Å². The van der Waals surface area contributed by atoms with Crippen molar-refractivity contribution in [2.24, 2.45) is 0 Å². The summed E-state index contributed by atoms with van der Waals surface area (Å²) >= 11 is 0. The predicted octanol–water partition coefficient (Wildman–Crippen LogP) is 1.14. The highest BCUT2D eigenvalue weighted by atomic mass is 16.7. The van der Waals surface area contributed by atoms with Gasteiger partial charge in [0, 0.05) is 5.69 Å². The maximum Gasteiger partial charge on any atom is 0.191 e. The second-order valence-corrected chi connectivity index (χ2v) is 3.12. The van der Waals surface area contributed by atoms with Crippen molar-refractivity contribution in [1.29, 1.82) is 0 Å². The van der Waals surface area contributed by atoms with Crippen LogP contribution in [0.1, 0.15) is 5.69 Å². The van der Waals surface area contributed by atoms with E-state index in [1.54, 1.807) is 6.20 Å². The van der Waals surface area contributed by atoms with Crippen LogP contribution in [0.2, 0.25) is 0 Å². The van der Waals surface area contributed by atoms with E-state index in [4.69, 9.17) is 14.2 Å². The summed E-state index contributed by atoms with van der Waals surface area (Å²) in [6, 6.07) is 3.79. The maximum atomic E-state index is 5.43. The molecule has 4 nitrogen and oxygen atoms in total. The zero-order valence-corrected chi connectivity index (χ0v) is 8.10. The fourth-order valence-corrected chi connectivity index (χ4v) is 1.21. The predicted molar refractivity (Wildman–Crippen MR) is 50.2 cm³/mol. The van der Waals surface area contributed by atoms with Gasteiger partial charge in [0.15, 0.2) is 6.29 Å². The summed E-state index contributed by atoms with van der Waals surface area (Å²) in [6.07, 6.45) is 1.47. The van der Waals surface area contributed by atoms with Gasteiger partial charge in [0.05, 0.1) is 19.4 Å². The molecule has 14 heavy (non-hydrogen) atoms. The van der Waals surface area contributed by atoms with Gasteiger partial charge in [-0.2, -0.15) is 0 Å². The lowest BCUT2D eigenvalue weighted by Crippen LogP contribution is -2.18. The number of aryl methyl sites for hydroxylation is 1. The Kier molecular flexibility index (Phi) is 2.96. The lowest BCUT2D eigenvalue weighted by atomic mass is 10.4. The molecule has 0 bridgehead atoms. The first-order valence-corrected chi connectivity index (χ1v) is 4.63. The SMILES string of the molecule is Cc1ccc(OCC2OCCO2)cn1. The molecule has 1 aromatic rings. The number of hydrogen-bond acceptors (Lipinski definition) is 4. The van der Waals surface area contributed by atoms with Crippen LogP contribution in [0, 0.1) is 6.92 Å². The number of nitrogens with zero attached hydrogens (tertiary/aromatic N) is 1. The molecule has 0 unspecified atom stereocenters. The van der Waals surface area contributed by atoms with Crippen molar-refractivity contribution in [1.82, 2.24) is 4.98 Å². The number of aromatic nitrogens is 1. The quantitative estimate of drug-likeness (QED) is 0.725. The first kappa shape index (κ1) is 9.43. The van der Waals surface area contributed by atoms with Crippen molar-refractivity contribution in [2.75, 3.05) is 19.8 Å². The molecule has 1 saturated heterocycles. The molecule has 2 heterocycles. The smallest absolute Gasteiger partial charge is 0.191 e. The highest BCUT2D eigenvalue weighted by molar-refractivity contribution is 5.18. The van der Waals surface area contributed by atoms with Gasteiger partial charge in [-0.25, -0.2) is 0 Å². The molecule has 0 saturated carbocycles. The van der Waals surface area contributed by atoms with Crippen molar-refractivity contribution in [2.45, 2.75) is 13.2 Å². The largest absolute Gasteiger partial charge is 0.487 e. The summed E-state index contributed by atoms with van der Waals surface area (Å²) in [5, 5.41) is 0. The molecule has 76 valence electrons. The summed E-state index contributed by atoms with van der Waals surface area (Å²) in [4.78, 5) is 4.12. The fourth-order valence-electron chi connectivity index (χ4n) is 1.21. The average molecular weight is 195 g/mol. The maximum absolute atomic E-state index is 5.43. The molecular formula is C10H13NO3. The lowest BCUT2D eigenvalue weighted by molar-refractivity contribution is -0.0684. The third-order valence-electron chi connectivity index (χ3n) is 1.96. The van der Waals surface area contributed by atoms with Crippen LogP contribution in [0.3, 0.4) is 0 Å². The van der Waals surface area contributed by atoms with Gasteiger partial charge < -0.3 is 14.2 Å². The third kappa shape index (κ3) is 2.43. The standard InChI is InChI=1S/C10H13NO3/c1-8-2-3-9(6-11-8)14-7-10-12-4-5-13-10/h2-3,6,10H,4-5,7H2,1H3. The van der Waals surface area contributed by atoms with Crippen LogP contribution < -0.4 is 4.74 Å². The van der Waals surface area contributed by atoms with Gasteiger partial charge in [-0.15, -0.1) is 0 Å². The highest BCUT2D eigenvalue weighted by Crippen LogP contribution is 2.11. The van der Waals surface area contributed by atoms with Gasteiger partial charge >= 0.3 is 0 Å². The molecular weight excluding hydrogens is 182 g/mol. The zero-order valence-electron chi connectivity index (χ0n) is 8.10. The Morgan fingerprint density at radius 1 is 1.43 bits per heavy atom. The minimum absolute atomic E-state index is 0.226. The van der Waals surface area contributed by atoms with E-state index in [1.165, 1.54) is 0 Å². The van der Waals surface area contributed by atoms with Gasteiger partial charge in [0.1, 0.15) is 12.4 Å².